The van der Waals surface area contributed by atoms with E-state index in [1.165, 1.54) is 24.3 Å². The lowest BCUT2D eigenvalue weighted by Crippen LogP contribution is -2.57. The maximum absolute atomic E-state index is 14.5. The minimum Gasteiger partial charge on any atom is -0.495 e. The lowest BCUT2D eigenvalue weighted by Gasteiger charge is -2.37. The lowest BCUT2D eigenvalue weighted by atomic mass is 9.85. The fourth-order valence-corrected chi connectivity index (χ4v) is 9.63. The van der Waals surface area contributed by atoms with Gasteiger partial charge in [0.15, 0.2) is 0 Å². The van der Waals surface area contributed by atoms with Crippen LogP contribution < -0.4 is 10.1 Å². The van der Waals surface area contributed by atoms with E-state index in [4.69, 9.17) is 4.74 Å². The predicted molar refractivity (Wildman–Crippen MR) is 177 cm³/mol. The fraction of sp³-hybridized carbons (Fsp3) is 0.500. The normalized spacial score (nSPS) is 26.9. The van der Waals surface area contributed by atoms with Gasteiger partial charge in [-0.3, -0.25) is 23.9 Å². The standard InChI is InChI=1S/C34H37FN5O7PS/c1-47-23-13-21(16-37-17-23)24-18-39(34(10-11-34)25(24)15-36)33(43)27-8-7-22-4-2-3-5-26(32(42)40(22)27)38-31(41)29-14-20-12-19(6-9-28(20)49-29)30(35)48(44,45)46/h6,9,12-14,16-17,22,24-27,30H,2-5,7-8,10-11,18H2,1H3,(H,38,41)(H2,44,45,46)/t22-,24+,25+,26?,27-,30+/m0/s1. The number of halogens is 1. The molecule has 1 aromatic carbocycles. The van der Waals surface area contributed by atoms with E-state index in [1.807, 2.05) is 11.0 Å². The summed E-state index contributed by atoms with van der Waals surface area (Å²) in [4.78, 5) is 68.9. The summed E-state index contributed by atoms with van der Waals surface area (Å²) in [7, 11) is -3.44. The molecular formula is C34H37FN5O7PS. The van der Waals surface area contributed by atoms with Crippen molar-refractivity contribution in [1.29, 1.82) is 5.26 Å². The quantitative estimate of drug-likeness (QED) is 0.292. The minimum atomic E-state index is -5.00. The summed E-state index contributed by atoms with van der Waals surface area (Å²) in [5.41, 5.74) is 0.0757. The maximum Gasteiger partial charge on any atom is 0.363 e. The summed E-state index contributed by atoms with van der Waals surface area (Å²) in [5.74, 6) is -3.49. The number of nitrogens with one attached hydrogen (secondary N) is 1. The Hall–Kier alpha value is -3.89. The third-order valence-corrected chi connectivity index (χ3v) is 12.7. The van der Waals surface area contributed by atoms with Crippen molar-refractivity contribution in [3.63, 3.8) is 0 Å². The molecule has 258 valence electrons. The Bertz CT molecular complexity index is 1910. The molecule has 1 spiro atoms. The van der Waals surface area contributed by atoms with Gasteiger partial charge in [0.05, 0.1) is 35.7 Å². The Balaban J connectivity index is 1.11. The Morgan fingerprint density at radius 1 is 1.16 bits per heavy atom. The molecule has 0 radical (unpaired) electrons. The van der Waals surface area contributed by atoms with Crippen LogP contribution in [0.3, 0.4) is 0 Å². The monoisotopic (exact) mass is 709 g/mol. The van der Waals surface area contributed by atoms with Crippen LogP contribution in [0.5, 0.6) is 5.75 Å². The highest BCUT2D eigenvalue weighted by molar-refractivity contribution is 7.51. The van der Waals surface area contributed by atoms with Crippen molar-refractivity contribution in [3.05, 3.63) is 58.7 Å². The third kappa shape index (κ3) is 6.01. The van der Waals surface area contributed by atoms with Gasteiger partial charge in [-0.25, -0.2) is 4.39 Å². The number of nitrogens with zero attached hydrogens (tertiary/aromatic N) is 4. The molecule has 6 atom stereocenters. The summed E-state index contributed by atoms with van der Waals surface area (Å²) in [5, 5.41) is 13.7. The van der Waals surface area contributed by atoms with E-state index >= 15 is 0 Å². The highest BCUT2D eigenvalue weighted by Crippen LogP contribution is 2.58. The van der Waals surface area contributed by atoms with Crippen LogP contribution in [0.1, 0.15) is 84.0 Å². The van der Waals surface area contributed by atoms with Gasteiger partial charge >= 0.3 is 7.60 Å². The van der Waals surface area contributed by atoms with Crippen molar-refractivity contribution in [2.45, 2.75) is 86.9 Å². The van der Waals surface area contributed by atoms with Gasteiger partial charge in [0, 0.05) is 29.4 Å². The number of methoxy groups -OCH3 is 1. The highest BCUT2D eigenvalue weighted by atomic mass is 32.1. The van der Waals surface area contributed by atoms with Crippen LogP contribution >= 0.6 is 18.9 Å². The molecule has 7 rings (SSSR count). The average Bonchev–Trinajstić information content (AvgIpc) is 3.43. The molecule has 15 heteroatoms. The topological polar surface area (TPSA) is 173 Å². The second kappa shape index (κ2) is 12.8. The molecule has 3 aromatic rings. The van der Waals surface area contributed by atoms with Crippen LogP contribution in [0.25, 0.3) is 10.1 Å². The summed E-state index contributed by atoms with van der Waals surface area (Å²) >= 11 is 1.13. The molecule has 3 saturated heterocycles. The van der Waals surface area contributed by atoms with Crippen LogP contribution in [0.4, 0.5) is 4.39 Å². The number of rotatable bonds is 7. The molecule has 3 amide bonds. The Morgan fingerprint density at radius 3 is 2.65 bits per heavy atom. The number of pyridine rings is 1. The zero-order chi connectivity index (χ0) is 34.7. The number of ether oxygens (including phenoxy) is 1. The van der Waals surface area contributed by atoms with Gasteiger partial charge in [0.25, 0.3) is 5.91 Å². The molecule has 3 aliphatic heterocycles. The van der Waals surface area contributed by atoms with Gasteiger partial charge in [0.2, 0.25) is 17.7 Å². The van der Waals surface area contributed by atoms with Crippen LogP contribution in [-0.2, 0) is 14.2 Å². The third-order valence-electron chi connectivity index (χ3n) is 10.7. The van der Waals surface area contributed by atoms with Gasteiger partial charge in [-0.1, -0.05) is 18.9 Å². The maximum atomic E-state index is 14.5. The van der Waals surface area contributed by atoms with Gasteiger partial charge in [-0.05, 0) is 79.3 Å². The second-order valence-corrected chi connectivity index (χ2v) is 16.3. The summed E-state index contributed by atoms with van der Waals surface area (Å²) in [6, 6.07) is 8.30. The van der Waals surface area contributed by atoms with E-state index in [1.54, 1.807) is 24.4 Å². The first-order valence-corrected chi connectivity index (χ1v) is 19.0. The number of carbonyl (C=O) groups is 3. The fourth-order valence-electron chi connectivity index (χ4n) is 8.14. The SMILES string of the molecule is COc1cncc([C@H]2CN(C(=O)[C@@H]3CC[C@@H]4CCCCC(NC(=O)c5cc6cc([C@H](F)P(=O)(O)O)ccc6s5)C(=O)N43)C3(CC3)[C@@H]2C#N)c1. The van der Waals surface area contributed by atoms with E-state index < -0.39 is 43.0 Å². The van der Waals surface area contributed by atoms with E-state index in [-0.39, 0.29) is 34.2 Å². The van der Waals surface area contributed by atoms with Gasteiger partial charge < -0.3 is 29.6 Å². The van der Waals surface area contributed by atoms with Gasteiger partial charge in [0.1, 0.15) is 17.8 Å². The number of hydrogen-bond acceptors (Lipinski definition) is 8. The van der Waals surface area contributed by atoms with E-state index in [9.17, 15) is 38.4 Å². The first-order chi connectivity index (χ1) is 23.4. The first kappa shape index (κ1) is 33.6. The summed E-state index contributed by atoms with van der Waals surface area (Å²) in [6.45, 7) is 0.347. The molecule has 5 heterocycles. The van der Waals surface area contributed by atoms with Gasteiger partial charge in [-0.15, -0.1) is 11.3 Å². The number of aromatic nitrogens is 1. The van der Waals surface area contributed by atoms with Crippen LogP contribution in [0.15, 0.2) is 42.7 Å². The predicted octanol–water partition coefficient (Wildman–Crippen LogP) is 4.78. The molecule has 49 heavy (non-hydrogen) atoms. The van der Waals surface area contributed by atoms with Gasteiger partial charge in [-0.2, -0.15) is 5.26 Å². The van der Waals surface area contributed by atoms with E-state index in [0.717, 1.165) is 49.0 Å². The number of nitriles is 1. The lowest BCUT2D eigenvalue weighted by molar-refractivity contribution is -0.148. The highest BCUT2D eigenvalue weighted by Gasteiger charge is 2.64. The molecule has 1 saturated carbocycles. The zero-order valence-corrected chi connectivity index (χ0v) is 28.5. The van der Waals surface area contributed by atoms with E-state index in [2.05, 4.69) is 16.4 Å². The van der Waals surface area contributed by atoms with Crippen molar-refractivity contribution in [2.75, 3.05) is 13.7 Å². The van der Waals surface area contributed by atoms with Crippen LogP contribution in [-0.4, -0.2) is 79.6 Å². The Kier molecular flexibility index (Phi) is 8.76. The van der Waals surface area contributed by atoms with Crippen LogP contribution in [0, 0.1) is 17.2 Å². The molecular weight excluding hydrogens is 672 g/mol. The molecule has 4 aliphatic rings. The summed E-state index contributed by atoms with van der Waals surface area (Å²) < 4.78 is 31.8. The Labute approximate surface area is 286 Å². The van der Waals surface area contributed by atoms with Crippen molar-refractivity contribution in [1.82, 2.24) is 20.1 Å². The molecule has 0 bridgehead atoms. The molecule has 2 aromatic heterocycles. The summed E-state index contributed by atoms with van der Waals surface area (Å²) in [6.07, 6.45) is 8.68. The number of carbonyl (C=O) groups excluding carboxylic acids is 3. The second-order valence-electron chi connectivity index (χ2n) is 13.6. The minimum absolute atomic E-state index is 0.130. The van der Waals surface area contributed by atoms with Crippen molar-refractivity contribution in [3.8, 4) is 11.8 Å². The number of thiophene rings is 1. The van der Waals surface area contributed by atoms with Crippen molar-refractivity contribution >= 4 is 46.7 Å². The molecule has 3 N–H and O–H groups in total. The number of benzene rings is 1. The largest absolute Gasteiger partial charge is 0.495 e. The molecule has 1 unspecified atom stereocenters. The number of amides is 3. The smallest absolute Gasteiger partial charge is 0.363 e. The Morgan fingerprint density at radius 2 is 1.94 bits per heavy atom. The molecule has 1 aliphatic carbocycles. The molecule has 12 nitrogen and oxygen atoms in total. The average molecular weight is 710 g/mol. The van der Waals surface area contributed by atoms with Crippen molar-refractivity contribution < 1.29 is 37.9 Å². The number of alkyl halides is 1. The number of likely N-dealkylation sites (tertiary alicyclic amines) is 1. The van der Waals surface area contributed by atoms with Crippen molar-refractivity contribution in [2.24, 2.45) is 5.92 Å². The first-order valence-electron chi connectivity index (χ1n) is 16.5. The number of hydrogen-bond donors (Lipinski definition) is 3. The van der Waals surface area contributed by atoms with Crippen LogP contribution in [0.2, 0.25) is 0 Å². The van der Waals surface area contributed by atoms with E-state index in [0.29, 0.717) is 41.6 Å². The number of fused-ring (bicyclic) bond motifs is 2. The zero-order valence-electron chi connectivity index (χ0n) is 26.8. The molecule has 4 fully saturated rings.